The number of carbonyl (C=O) groups is 1. The van der Waals surface area contributed by atoms with Gasteiger partial charge < -0.3 is 10.1 Å². The molecule has 0 radical (unpaired) electrons. The van der Waals surface area contributed by atoms with Crippen LogP contribution in [0.3, 0.4) is 0 Å². The minimum atomic E-state index is -0.377. The van der Waals surface area contributed by atoms with Gasteiger partial charge in [-0.3, -0.25) is 9.59 Å². The van der Waals surface area contributed by atoms with Gasteiger partial charge in [0, 0.05) is 18.3 Å². The number of benzene rings is 1. The predicted octanol–water partition coefficient (Wildman–Crippen LogP) is 1.38. The van der Waals surface area contributed by atoms with E-state index < -0.39 is 0 Å². The van der Waals surface area contributed by atoms with E-state index in [9.17, 15) is 14.0 Å². The maximum absolute atomic E-state index is 12.8. The highest BCUT2D eigenvalue weighted by Crippen LogP contribution is 2.10. The zero-order valence-corrected chi connectivity index (χ0v) is 15.6. The van der Waals surface area contributed by atoms with E-state index in [-0.39, 0.29) is 37.0 Å². The van der Waals surface area contributed by atoms with Gasteiger partial charge in [0.2, 0.25) is 0 Å². The summed E-state index contributed by atoms with van der Waals surface area (Å²) in [6.45, 7) is 3.98. The average molecular weight is 385 g/mol. The molecule has 28 heavy (non-hydrogen) atoms. The van der Waals surface area contributed by atoms with Gasteiger partial charge in [0.15, 0.2) is 12.4 Å². The number of carbonyl (C=O) groups excluding carboxylic acids is 1. The van der Waals surface area contributed by atoms with Gasteiger partial charge in [0.05, 0.1) is 12.2 Å². The highest BCUT2D eigenvalue weighted by molar-refractivity contribution is 5.77. The largest absolute Gasteiger partial charge is 0.484 e. The Morgan fingerprint density at radius 2 is 1.89 bits per heavy atom. The highest BCUT2D eigenvalue weighted by Gasteiger charge is 2.08. The van der Waals surface area contributed by atoms with Crippen molar-refractivity contribution in [3.05, 3.63) is 70.0 Å². The molecule has 0 aliphatic rings. The maximum atomic E-state index is 12.8. The smallest absolute Gasteiger partial charge is 0.266 e. The van der Waals surface area contributed by atoms with Crippen molar-refractivity contribution < 1.29 is 13.9 Å². The van der Waals surface area contributed by atoms with E-state index in [4.69, 9.17) is 4.74 Å². The number of hydrogen-bond donors (Lipinski definition) is 1. The molecule has 0 aliphatic carbocycles. The number of nitrogens with zero attached hydrogens (tertiary/aromatic N) is 4. The van der Waals surface area contributed by atoms with Gasteiger partial charge in [-0.25, -0.2) is 13.8 Å². The van der Waals surface area contributed by atoms with E-state index in [2.05, 4.69) is 15.5 Å². The van der Waals surface area contributed by atoms with Crippen LogP contribution in [0.1, 0.15) is 11.4 Å². The van der Waals surface area contributed by atoms with Crippen LogP contribution in [0.2, 0.25) is 0 Å². The summed E-state index contributed by atoms with van der Waals surface area (Å²) < 4.78 is 21.0. The Balaban J connectivity index is 1.54. The molecule has 1 N–H and O–H groups in total. The standard InChI is InChI=1S/C19H20FN5O3/c1-13-11-14(2)25(22-13)17-7-8-19(27)24(23-17)10-9-21-18(26)12-28-16-5-3-15(20)4-6-16/h3-8,11H,9-10,12H2,1-2H3,(H,21,26). The number of ether oxygens (including phenoxy) is 1. The van der Waals surface area contributed by atoms with Gasteiger partial charge in [-0.2, -0.15) is 5.10 Å². The monoisotopic (exact) mass is 385 g/mol. The Kier molecular flexibility index (Phi) is 5.83. The molecule has 3 rings (SSSR count). The Morgan fingerprint density at radius 3 is 2.57 bits per heavy atom. The minimum absolute atomic E-state index is 0.203. The number of halogens is 1. The summed E-state index contributed by atoms with van der Waals surface area (Å²) in [6, 6.07) is 10.3. The lowest BCUT2D eigenvalue weighted by Crippen LogP contribution is -2.34. The first kappa shape index (κ1) is 19.3. The average Bonchev–Trinajstić information content (AvgIpc) is 3.01. The summed E-state index contributed by atoms with van der Waals surface area (Å²) in [5, 5.41) is 11.3. The zero-order valence-electron chi connectivity index (χ0n) is 15.6. The summed E-state index contributed by atoms with van der Waals surface area (Å²) in [6.07, 6.45) is 0. The molecule has 9 heteroatoms. The first-order valence-electron chi connectivity index (χ1n) is 8.69. The van der Waals surface area contributed by atoms with Crippen molar-refractivity contribution in [3.63, 3.8) is 0 Å². The molecule has 0 fully saturated rings. The van der Waals surface area contributed by atoms with E-state index in [1.165, 1.54) is 35.0 Å². The predicted molar refractivity (Wildman–Crippen MR) is 100.0 cm³/mol. The molecular formula is C19H20FN5O3. The van der Waals surface area contributed by atoms with Crippen molar-refractivity contribution in [2.24, 2.45) is 0 Å². The van der Waals surface area contributed by atoms with Crippen LogP contribution in [0, 0.1) is 19.7 Å². The Labute approximate surface area is 160 Å². The second kappa shape index (κ2) is 8.47. The fourth-order valence-corrected chi connectivity index (χ4v) is 2.60. The molecule has 0 bridgehead atoms. The fourth-order valence-electron chi connectivity index (χ4n) is 2.60. The third-order valence-electron chi connectivity index (χ3n) is 3.91. The molecule has 1 aromatic carbocycles. The quantitative estimate of drug-likeness (QED) is 0.664. The molecule has 1 amide bonds. The van der Waals surface area contributed by atoms with Crippen molar-refractivity contribution in [2.45, 2.75) is 20.4 Å². The van der Waals surface area contributed by atoms with Gasteiger partial charge in [0.1, 0.15) is 11.6 Å². The third-order valence-corrected chi connectivity index (χ3v) is 3.91. The Bertz CT molecular complexity index is 1030. The van der Waals surface area contributed by atoms with Gasteiger partial charge >= 0.3 is 0 Å². The number of hydrogen-bond acceptors (Lipinski definition) is 5. The van der Waals surface area contributed by atoms with Gasteiger partial charge in [-0.15, -0.1) is 5.10 Å². The third kappa shape index (κ3) is 4.81. The number of rotatable bonds is 7. The lowest BCUT2D eigenvalue weighted by atomic mass is 10.3. The molecule has 0 aliphatic heterocycles. The Hall–Kier alpha value is -3.49. The first-order valence-corrected chi connectivity index (χ1v) is 8.69. The molecular weight excluding hydrogens is 365 g/mol. The van der Waals surface area contributed by atoms with E-state index in [0.29, 0.717) is 11.6 Å². The Morgan fingerprint density at radius 1 is 1.14 bits per heavy atom. The lowest BCUT2D eigenvalue weighted by Gasteiger charge is -2.10. The molecule has 2 aromatic heterocycles. The van der Waals surface area contributed by atoms with Crippen LogP contribution in [-0.4, -0.2) is 38.6 Å². The van der Waals surface area contributed by atoms with Gasteiger partial charge in [-0.05, 0) is 50.2 Å². The van der Waals surface area contributed by atoms with E-state index in [0.717, 1.165) is 11.4 Å². The summed E-state index contributed by atoms with van der Waals surface area (Å²) >= 11 is 0. The molecule has 0 unspecified atom stereocenters. The number of aryl methyl sites for hydroxylation is 2. The zero-order chi connectivity index (χ0) is 20.1. The normalized spacial score (nSPS) is 10.7. The summed E-state index contributed by atoms with van der Waals surface area (Å²) in [5.41, 5.74) is 1.48. The molecule has 146 valence electrons. The van der Waals surface area contributed by atoms with Crippen LogP contribution in [0.25, 0.3) is 5.82 Å². The molecule has 0 atom stereocenters. The van der Waals surface area contributed by atoms with Gasteiger partial charge in [0.25, 0.3) is 11.5 Å². The fraction of sp³-hybridized carbons (Fsp3) is 0.263. The number of aromatic nitrogens is 4. The van der Waals surface area contributed by atoms with Crippen LogP contribution in [0.5, 0.6) is 5.75 Å². The van der Waals surface area contributed by atoms with Crippen LogP contribution in [0.15, 0.2) is 47.3 Å². The summed E-state index contributed by atoms with van der Waals surface area (Å²) in [4.78, 5) is 23.9. The van der Waals surface area contributed by atoms with Crippen molar-refractivity contribution in [2.75, 3.05) is 13.2 Å². The second-order valence-corrected chi connectivity index (χ2v) is 6.18. The van der Waals surface area contributed by atoms with Crippen LogP contribution in [-0.2, 0) is 11.3 Å². The number of nitrogens with one attached hydrogen (secondary N) is 1. The SMILES string of the molecule is Cc1cc(C)n(-c2ccc(=O)n(CCNC(=O)COc3ccc(F)cc3)n2)n1. The molecule has 0 saturated carbocycles. The number of amides is 1. The second-order valence-electron chi connectivity index (χ2n) is 6.18. The van der Waals surface area contributed by atoms with Crippen molar-refractivity contribution in [1.82, 2.24) is 24.9 Å². The van der Waals surface area contributed by atoms with Crippen LogP contribution < -0.4 is 15.6 Å². The van der Waals surface area contributed by atoms with Gasteiger partial charge in [-0.1, -0.05) is 0 Å². The van der Waals surface area contributed by atoms with Crippen molar-refractivity contribution >= 4 is 5.91 Å². The molecule has 2 heterocycles. The van der Waals surface area contributed by atoms with Crippen LogP contribution >= 0.6 is 0 Å². The molecule has 0 spiro atoms. The maximum Gasteiger partial charge on any atom is 0.266 e. The van der Waals surface area contributed by atoms with Crippen molar-refractivity contribution in [1.29, 1.82) is 0 Å². The van der Waals surface area contributed by atoms with E-state index in [1.54, 1.807) is 10.7 Å². The summed E-state index contributed by atoms with van der Waals surface area (Å²) in [5.74, 6) is 0.188. The van der Waals surface area contributed by atoms with E-state index >= 15 is 0 Å². The van der Waals surface area contributed by atoms with E-state index in [1.807, 2.05) is 19.9 Å². The molecule has 3 aromatic rings. The van der Waals surface area contributed by atoms with Crippen LogP contribution in [0.4, 0.5) is 4.39 Å². The van der Waals surface area contributed by atoms with Crippen molar-refractivity contribution in [3.8, 4) is 11.6 Å². The first-order chi connectivity index (χ1) is 13.4. The topological polar surface area (TPSA) is 91.0 Å². The molecule has 8 nitrogen and oxygen atoms in total. The molecule has 0 saturated heterocycles. The highest BCUT2D eigenvalue weighted by atomic mass is 19.1. The lowest BCUT2D eigenvalue weighted by molar-refractivity contribution is -0.123. The summed E-state index contributed by atoms with van der Waals surface area (Å²) in [7, 11) is 0. The minimum Gasteiger partial charge on any atom is -0.484 e.